The predicted molar refractivity (Wildman–Crippen MR) is 67.0 cm³/mol. The number of thiazole rings is 1. The molecule has 1 aromatic heterocycles. The Hall–Kier alpha value is -1.67. The van der Waals surface area contributed by atoms with Crippen LogP contribution in [-0.2, 0) is 6.18 Å². The Balaban J connectivity index is 1.95. The van der Waals surface area contributed by atoms with Gasteiger partial charge in [-0.25, -0.2) is 9.37 Å². The molecule has 0 radical (unpaired) electrons. The van der Waals surface area contributed by atoms with Gasteiger partial charge in [-0.2, -0.15) is 13.2 Å². The highest BCUT2D eigenvalue weighted by Gasteiger charge is 2.33. The lowest BCUT2D eigenvalue weighted by Gasteiger charge is -2.11. The number of halogens is 4. The minimum atomic E-state index is -4.42. The molecular formula is C12H10F4N2OS. The number of nitrogens with one attached hydrogen (secondary N) is 1. The quantitative estimate of drug-likeness (QED) is 0.851. The Morgan fingerprint density at radius 3 is 2.45 bits per heavy atom. The molecule has 108 valence electrons. The largest absolute Gasteiger partial charge is 0.427 e. The maximum Gasteiger partial charge on any atom is 0.427 e. The van der Waals surface area contributed by atoms with Gasteiger partial charge in [0.2, 0.25) is 0 Å². The van der Waals surface area contributed by atoms with Crippen LogP contribution in [0.5, 0.6) is 0 Å². The van der Waals surface area contributed by atoms with Crippen molar-refractivity contribution < 1.29 is 22.7 Å². The molecule has 20 heavy (non-hydrogen) atoms. The van der Waals surface area contributed by atoms with Gasteiger partial charge in [-0.15, -0.1) is 0 Å². The summed E-state index contributed by atoms with van der Waals surface area (Å²) in [7, 11) is 0. The fourth-order valence-corrected chi connectivity index (χ4v) is 2.16. The first-order valence-corrected chi connectivity index (χ1v) is 6.38. The second-order valence-corrected chi connectivity index (χ2v) is 5.01. The van der Waals surface area contributed by atoms with Crippen molar-refractivity contribution in [2.45, 2.75) is 12.3 Å². The first-order chi connectivity index (χ1) is 9.36. The van der Waals surface area contributed by atoms with Crippen molar-refractivity contribution in [3.05, 3.63) is 46.7 Å². The summed E-state index contributed by atoms with van der Waals surface area (Å²) in [5, 5.41) is 12.5. The van der Waals surface area contributed by atoms with Crippen LogP contribution in [0.15, 0.2) is 30.5 Å². The lowest BCUT2D eigenvalue weighted by molar-refractivity contribution is -0.134. The van der Waals surface area contributed by atoms with Crippen LogP contribution in [0.2, 0.25) is 0 Å². The first-order valence-electron chi connectivity index (χ1n) is 5.56. The van der Waals surface area contributed by atoms with Crippen molar-refractivity contribution in [3.8, 4) is 0 Å². The number of aliphatic hydroxyl groups is 1. The summed E-state index contributed by atoms with van der Waals surface area (Å²) >= 11 is 0.461. The average Bonchev–Trinajstić information content (AvgIpc) is 2.85. The molecule has 1 atom stereocenters. The maximum atomic E-state index is 12.7. The highest BCUT2D eigenvalue weighted by atomic mass is 32.1. The molecule has 1 heterocycles. The van der Waals surface area contributed by atoms with E-state index in [0.717, 1.165) is 6.20 Å². The van der Waals surface area contributed by atoms with Crippen LogP contribution in [0.3, 0.4) is 0 Å². The van der Waals surface area contributed by atoms with Gasteiger partial charge >= 0.3 is 6.18 Å². The average molecular weight is 306 g/mol. The Bertz CT molecular complexity index is 568. The van der Waals surface area contributed by atoms with Gasteiger partial charge in [0.15, 0.2) is 5.13 Å². The molecule has 8 heteroatoms. The normalized spacial score (nSPS) is 13.2. The molecule has 2 aromatic rings. The Morgan fingerprint density at radius 1 is 1.25 bits per heavy atom. The van der Waals surface area contributed by atoms with Crippen LogP contribution in [0, 0.1) is 5.82 Å². The van der Waals surface area contributed by atoms with Gasteiger partial charge in [-0.3, -0.25) is 0 Å². The van der Waals surface area contributed by atoms with Gasteiger partial charge in [0.05, 0.1) is 12.3 Å². The molecule has 3 nitrogen and oxygen atoms in total. The molecule has 1 unspecified atom stereocenters. The van der Waals surface area contributed by atoms with Crippen LogP contribution >= 0.6 is 11.3 Å². The van der Waals surface area contributed by atoms with Crippen LogP contribution in [-0.4, -0.2) is 16.6 Å². The summed E-state index contributed by atoms with van der Waals surface area (Å²) in [5.41, 5.74) is 0.464. The minimum absolute atomic E-state index is 0.0174. The zero-order valence-corrected chi connectivity index (χ0v) is 10.8. The van der Waals surface area contributed by atoms with Gasteiger partial charge in [0.1, 0.15) is 10.7 Å². The fourth-order valence-electron chi connectivity index (χ4n) is 1.47. The van der Waals surface area contributed by atoms with Crippen LogP contribution < -0.4 is 5.32 Å². The molecule has 0 spiro atoms. The number of benzene rings is 1. The molecular weight excluding hydrogens is 296 g/mol. The molecule has 0 aliphatic carbocycles. The third-order valence-corrected chi connectivity index (χ3v) is 3.49. The van der Waals surface area contributed by atoms with Crippen molar-refractivity contribution in [2.75, 3.05) is 11.9 Å². The van der Waals surface area contributed by atoms with E-state index >= 15 is 0 Å². The van der Waals surface area contributed by atoms with Gasteiger partial charge in [-0.1, -0.05) is 23.5 Å². The van der Waals surface area contributed by atoms with Gasteiger partial charge in [-0.05, 0) is 17.7 Å². The molecule has 0 aliphatic heterocycles. The second kappa shape index (κ2) is 5.76. The Morgan fingerprint density at radius 2 is 1.90 bits per heavy atom. The van der Waals surface area contributed by atoms with E-state index in [1.54, 1.807) is 0 Å². The number of aliphatic hydroxyl groups excluding tert-OH is 1. The Kier molecular flexibility index (Phi) is 4.24. The molecule has 0 fully saturated rings. The lowest BCUT2D eigenvalue weighted by Crippen LogP contribution is -2.11. The molecule has 2 N–H and O–H groups in total. The number of aromatic nitrogens is 1. The lowest BCUT2D eigenvalue weighted by atomic mass is 10.1. The second-order valence-electron chi connectivity index (χ2n) is 3.98. The standard InChI is InChI=1S/C12H10F4N2OS/c13-8-3-1-7(2-4-8)9(19)5-17-11-18-6-10(20-11)12(14,15)16/h1-4,6,9,19H,5H2,(H,17,18). The van der Waals surface area contributed by atoms with E-state index in [4.69, 9.17) is 0 Å². The van der Waals surface area contributed by atoms with Crippen molar-refractivity contribution in [3.63, 3.8) is 0 Å². The van der Waals surface area contributed by atoms with Gasteiger partial charge in [0, 0.05) is 6.54 Å². The molecule has 0 aliphatic rings. The van der Waals surface area contributed by atoms with Crippen molar-refractivity contribution in [1.29, 1.82) is 0 Å². The monoisotopic (exact) mass is 306 g/mol. The third-order valence-electron chi connectivity index (χ3n) is 2.49. The molecule has 2 rings (SSSR count). The van der Waals surface area contributed by atoms with E-state index in [1.807, 2.05) is 0 Å². The summed E-state index contributed by atoms with van der Waals surface area (Å²) in [6.45, 7) is -0.0174. The molecule has 1 aromatic carbocycles. The fraction of sp³-hybridized carbons (Fsp3) is 0.250. The third kappa shape index (κ3) is 3.67. The summed E-state index contributed by atoms with van der Waals surface area (Å²) in [6, 6.07) is 5.21. The topological polar surface area (TPSA) is 45.1 Å². The molecule has 0 saturated carbocycles. The van der Waals surface area contributed by atoms with E-state index in [-0.39, 0.29) is 11.7 Å². The molecule has 0 amide bonds. The summed E-state index contributed by atoms with van der Waals surface area (Å²) in [4.78, 5) is 2.77. The minimum Gasteiger partial charge on any atom is -0.387 e. The van der Waals surface area contributed by atoms with E-state index in [0.29, 0.717) is 16.9 Å². The first kappa shape index (κ1) is 14.7. The van der Waals surface area contributed by atoms with Crippen molar-refractivity contribution in [2.24, 2.45) is 0 Å². The van der Waals surface area contributed by atoms with Gasteiger partial charge in [0.25, 0.3) is 0 Å². The summed E-state index contributed by atoms with van der Waals surface area (Å²) in [5.74, 6) is -0.427. The number of anilines is 1. The van der Waals surface area contributed by atoms with Crippen molar-refractivity contribution in [1.82, 2.24) is 4.98 Å². The van der Waals surface area contributed by atoms with Crippen molar-refractivity contribution >= 4 is 16.5 Å². The highest BCUT2D eigenvalue weighted by molar-refractivity contribution is 7.15. The van der Waals surface area contributed by atoms with Crippen LogP contribution in [0.1, 0.15) is 16.5 Å². The van der Waals surface area contributed by atoms with E-state index < -0.39 is 23.0 Å². The summed E-state index contributed by atoms with van der Waals surface area (Å²) < 4.78 is 49.8. The number of alkyl halides is 3. The summed E-state index contributed by atoms with van der Waals surface area (Å²) in [6.07, 6.45) is -4.65. The molecule has 0 saturated heterocycles. The van der Waals surface area contributed by atoms with Gasteiger partial charge < -0.3 is 10.4 Å². The number of hydrogen-bond donors (Lipinski definition) is 2. The molecule has 0 bridgehead atoms. The predicted octanol–water partition coefficient (Wildman–Crippen LogP) is 3.45. The Labute approximate surface area is 115 Å². The van der Waals surface area contributed by atoms with E-state index in [2.05, 4.69) is 10.3 Å². The number of hydrogen-bond acceptors (Lipinski definition) is 4. The maximum absolute atomic E-state index is 12.7. The van der Waals surface area contributed by atoms with Crippen LogP contribution in [0.25, 0.3) is 0 Å². The number of rotatable bonds is 4. The van der Waals surface area contributed by atoms with E-state index in [1.165, 1.54) is 24.3 Å². The van der Waals surface area contributed by atoms with Crippen LogP contribution in [0.4, 0.5) is 22.7 Å². The SMILES string of the molecule is OC(CNc1ncc(C(F)(F)F)s1)c1ccc(F)cc1. The zero-order valence-electron chi connectivity index (χ0n) is 9.99. The smallest absolute Gasteiger partial charge is 0.387 e. The zero-order chi connectivity index (χ0) is 14.8. The number of nitrogens with zero attached hydrogens (tertiary/aromatic N) is 1. The highest BCUT2D eigenvalue weighted by Crippen LogP contribution is 2.35. The van der Waals surface area contributed by atoms with E-state index in [9.17, 15) is 22.7 Å².